The van der Waals surface area contributed by atoms with Crippen LogP contribution in [0.2, 0.25) is 0 Å². The zero-order chi connectivity index (χ0) is 32.1. The summed E-state index contributed by atoms with van der Waals surface area (Å²) in [6.07, 6.45) is 0. The minimum absolute atomic E-state index is 0.0220. The van der Waals surface area contributed by atoms with E-state index in [4.69, 9.17) is 13.9 Å². The average Bonchev–Trinajstić information content (AvgIpc) is 3.54. The van der Waals surface area contributed by atoms with Crippen molar-refractivity contribution < 1.29 is 13.9 Å². The number of rotatable bonds is 3. The Morgan fingerprint density at radius 1 is 0.469 bits per heavy atom. The Labute approximate surface area is 282 Å². The van der Waals surface area contributed by atoms with Crippen LogP contribution >= 0.6 is 0 Å². The Kier molecular flexibility index (Phi) is 5.44. The van der Waals surface area contributed by atoms with Gasteiger partial charge in [-0.2, -0.15) is 0 Å². The van der Waals surface area contributed by atoms with Gasteiger partial charge in [0.05, 0.1) is 5.69 Å². The van der Waals surface area contributed by atoms with Crippen LogP contribution in [0.15, 0.2) is 162 Å². The molecule has 1 aromatic heterocycles. The molecule has 2 aliphatic rings. The quantitative estimate of drug-likeness (QED) is 0.183. The van der Waals surface area contributed by atoms with Gasteiger partial charge in [0.2, 0.25) is 0 Å². The zero-order valence-corrected chi connectivity index (χ0v) is 26.3. The zero-order valence-electron chi connectivity index (χ0n) is 26.3. The second-order valence-corrected chi connectivity index (χ2v) is 12.8. The van der Waals surface area contributed by atoms with Crippen molar-refractivity contribution in [2.45, 2.75) is 0 Å². The topological polar surface area (TPSA) is 34.8 Å². The Morgan fingerprint density at radius 2 is 1.14 bits per heavy atom. The number of anilines is 3. The molecule has 4 nitrogen and oxygen atoms in total. The van der Waals surface area contributed by atoms with E-state index in [1.165, 1.54) is 10.8 Å². The average molecular weight is 628 g/mol. The highest BCUT2D eigenvalue weighted by Gasteiger charge is 2.42. The second-order valence-electron chi connectivity index (χ2n) is 12.8. The second kappa shape index (κ2) is 10.0. The standard InChI is InChI=1S/C44H26BNO3/c1-2-14-29(15-3-1)46(30-23-22-27-12-4-5-13-28(27)24-30)36-26-39-41(32-17-7-6-16-31(32)36)33-25-40-42-44(43(33)49-39)48-38-21-11-9-19-35(38)45(42)34-18-8-10-20-37(34)47-40/h1-26H. The number of nitrogens with zero attached hydrogens (tertiary/aromatic N) is 1. The monoisotopic (exact) mass is 627 g/mol. The molecule has 9 aromatic rings. The maximum absolute atomic E-state index is 6.96. The first-order chi connectivity index (χ1) is 24.3. The van der Waals surface area contributed by atoms with Crippen LogP contribution in [-0.4, -0.2) is 6.71 Å². The molecule has 0 radical (unpaired) electrons. The molecule has 0 fully saturated rings. The van der Waals surface area contributed by atoms with Crippen molar-refractivity contribution in [3.05, 3.63) is 158 Å². The number of hydrogen-bond acceptors (Lipinski definition) is 4. The van der Waals surface area contributed by atoms with Crippen LogP contribution in [0, 0.1) is 0 Å². The fourth-order valence-corrected chi connectivity index (χ4v) is 8.01. The van der Waals surface area contributed by atoms with Crippen molar-refractivity contribution >= 4 is 83.6 Å². The van der Waals surface area contributed by atoms with Gasteiger partial charge in [-0.25, -0.2) is 0 Å². The smallest absolute Gasteiger partial charge is 0.260 e. The Hall–Kier alpha value is -6.46. The van der Waals surface area contributed by atoms with Crippen LogP contribution in [0.1, 0.15) is 0 Å². The lowest BCUT2D eigenvalue weighted by molar-refractivity contribution is 0.462. The first-order valence-corrected chi connectivity index (χ1v) is 16.6. The predicted molar refractivity (Wildman–Crippen MR) is 201 cm³/mol. The van der Waals surface area contributed by atoms with Crippen LogP contribution in [-0.2, 0) is 0 Å². The van der Waals surface area contributed by atoms with Gasteiger partial charge in [0, 0.05) is 39.1 Å². The van der Waals surface area contributed by atoms with Gasteiger partial charge in [-0.05, 0) is 69.5 Å². The molecule has 228 valence electrons. The summed E-state index contributed by atoms with van der Waals surface area (Å²) in [6.45, 7) is -0.0220. The highest BCUT2D eigenvalue weighted by atomic mass is 16.5. The molecule has 0 bridgehead atoms. The fourth-order valence-electron chi connectivity index (χ4n) is 8.01. The number of para-hydroxylation sites is 3. The van der Waals surface area contributed by atoms with E-state index < -0.39 is 0 Å². The summed E-state index contributed by atoms with van der Waals surface area (Å²) in [4.78, 5) is 2.33. The van der Waals surface area contributed by atoms with E-state index in [1.807, 2.05) is 18.2 Å². The summed E-state index contributed by atoms with van der Waals surface area (Å²) in [6, 6.07) is 55.3. The maximum atomic E-state index is 6.96. The summed E-state index contributed by atoms with van der Waals surface area (Å²) in [7, 11) is 0. The van der Waals surface area contributed by atoms with Crippen LogP contribution in [0.5, 0.6) is 23.0 Å². The summed E-state index contributed by atoms with van der Waals surface area (Å²) in [5, 5.41) is 6.64. The molecular formula is C44H26BNO3. The van der Waals surface area contributed by atoms with Crippen LogP contribution in [0.3, 0.4) is 0 Å². The molecule has 0 N–H and O–H groups in total. The third kappa shape index (κ3) is 3.81. The van der Waals surface area contributed by atoms with E-state index in [0.29, 0.717) is 0 Å². The van der Waals surface area contributed by atoms with Gasteiger partial charge in [-0.15, -0.1) is 0 Å². The molecule has 0 spiro atoms. The van der Waals surface area contributed by atoms with E-state index >= 15 is 0 Å². The molecule has 0 aliphatic carbocycles. The molecule has 0 saturated heterocycles. The highest BCUT2D eigenvalue weighted by molar-refractivity contribution is 6.98. The lowest BCUT2D eigenvalue weighted by atomic mass is 9.35. The van der Waals surface area contributed by atoms with E-state index in [1.54, 1.807) is 0 Å². The number of ether oxygens (including phenoxy) is 2. The summed E-state index contributed by atoms with van der Waals surface area (Å²) in [5.41, 5.74) is 7.97. The van der Waals surface area contributed by atoms with Crippen molar-refractivity contribution in [2.75, 3.05) is 4.90 Å². The van der Waals surface area contributed by atoms with E-state index in [-0.39, 0.29) is 6.71 Å². The molecule has 5 heteroatoms. The Balaban J connectivity index is 1.21. The number of benzene rings is 8. The number of hydrogen-bond donors (Lipinski definition) is 0. The number of fused-ring (bicyclic) bond motifs is 11. The van der Waals surface area contributed by atoms with Gasteiger partial charge in [-0.1, -0.05) is 109 Å². The van der Waals surface area contributed by atoms with Crippen molar-refractivity contribution in [1.29, 1.82) is 0 Å². The highest BCUT2D eigenvalue weighted by Crippen LogP contribution is 2.48. The predicted octanol–water partition coefficient (Wildman–Crippen LogP) is 10.1. The molecule has 49 heavy (non-hydrogen) atoms. The van der Waals surface area contributed by atoms with E-state index in [0.717, 1.165) is 89.2 Å². The third-order valence-corrected chi connectivity index (χ3v) is 10.1. The van der Waals surface area contributed by atoms with Gasteiger partial charge in [0.1, 0.15) is 22.8 Å². The normalized spacial score (nSPS) is 12.8. The molecule has 2 aliphatic heterocycles. The fraction of sp³-hybridized carbons (Fsp3) is 0. The number of furan rings is 1. The maximum Gasteiger partial charge on any atom is 0.260 e. The molecule has 8 aromatic carbocycles. The van der Waals surface area contributed by atoms with Crippen LogP contribution < -0.4 is 30.8 Å². The van der Waals surface area contributed by atoms with E-state index in [9.17, 15) is 0 Å². The van der Waals surface area contributed by atoms with Crippen molar-refractivity contribution in [3.63, 3.8) is 0 Å². The van der Waals surface area contributed by atoms with Gasteiger partial charge in [0.15, 0.2) is 11.3 Å². The summed E-state index contributed by atoms with van der Waals surface area (Å²) >= 11 is 0. The molecule has 0 atom stereocenters. The first kappa shape index (κ1) is 26.6. The molecule has 11 rings (SSSR count). The van der Waals surface area contributed by atoms with E-state index in [2.05, 4.69) is 144 Å². The molecule has 0 amide bonds. The SMILES string of the molecule is c1ccc(N(c2ccc3ccccc3c2)c2cc3oc4c5c6c(cc4c3c3ccccc23)Oc2ccccc2B6c2ccccc2O5)cc1. The van der Waals surface area contributed by atoms with Gasteiger partial charge < -0.3 is 18.8 Å². The molecule has 0 unspecified atom stereocenters. The van der Waals surface area contributed by atoms with Crippen molar-refractivity contribution in [2.24, 2.45) is 0 Å². The Morgan fingerprint density at radius 3 is 1.96 bits per heavy atom. The summed E-state index contributed by atoms with van der Waals surface area (Å²) < 4.78 is 20.4. The van der Waals surface area contributed by atoms with Gasteiger partial charge in [0.25, 0.3) is 6.71 Å². The minimum atomic E-state index is -0.0220. The third-order valence-electron chi connectivity index (χ3n) is 10.1. The van der Waals surface area contributed by atoms with Crippen molar-refractivity contribution in [3.8, 4) is 23.0 Å². The summed E-state index contributed by atoms with van der Waals surface area (Å²) in [5.74, 6) is 3.24. The van der Waals surface area contributed by atoms with Crippen LogP contribution in [0.25, 0.3) is 43.5 Å². The van der Waals surface area contributed by atoms with Gasteiger partial charge >= 0.3 is 0 Å². The van der Waals surface area contributed by atoms with Gasteiger partial charge in [-0.3, -0.25) is 0 Å². The lowest BCUT2D eigenvalue weighted by Crippen LogP contribution is -2.57. The Bertz CT molecular complexity index is 2790. The first-order valence-electron chi connectivity index (χ1n) is 16.6. The minimum Gasteiger partial charge on any atom is -0.458 e. The molecular weight excluding hydrogens is 601 g/mol. The molecule has 0 saturated carbocycles. The lowest BCUT2D eigenvalue weighted by Gasteiger charge is -2.32. The van der Waals surface area contributed by atoms with Crippen LogP contribution in [0.4, 0.5) is 17.1 Å². The largest absolute Gasteiger partial charge is 0.458 e. The van der Waals surface area contributed by atoms with Crippen molar-refractivity contribution in [1.82, 2.24) is 0 Å². The molecule has 3 heterocycles.